The summed E-state index contributed by atoms with van der Waals surface area (Å²) < 4.78 is 0. The number of amides is 1. The van der Waals surface area contributed by atoms with Crippen molar-refractivity contribution in [3.8, 4) is 0 Å². The van der Waals surface area contributed by atoms with Gasteiger partial charge in [0.05, 0.1) is 5.25 Å². The molecule has 0 aliphatic rings. The molecule has 0 spiro atoms. The van der Waals surface area contributed by atoms with Crippen LogP contribution in [0, 0.1) is 27.7 Å². The normalized spacial score (nSPS) is 12.3. The second-order valence-corrected chi connectivity index (χ2v) is 8.05. The number of carbonyl (C=O) groups excluding carboxylic acids is 1. The number of hydrogen-bond acceptors (Lipinski definition) is 4. The van der Waals surface area contributed by atoms with Crippen LogP contribution in [0.3, 0.4) is 0 Å². The molecule has 1 heterocycles. The fraction of sp³-hybridized carbons (Fsp3) is 0.450. The molecule has 0 saturated heterocycles. The van der Waals surface area contributed by atoms with E-state index in [2.05, 4.69) is 35.2 Å². The van der Waals surface area contributed by atoms with Crippen LogP contribution in [0.2, 0.25) is 0 Å². The maximum Gasteiger partial charge on any atom is 0.237 e. The van der Waals surface area contributed by atoms with E-state index in [0.29, 0.717) is 11.1 Å². The molecular weight excluding hydrogens is 330 g/mol. The summed E-state index contributed by atoms with van der Waals surface area (Å²) in [7, 11) is 0. The van der Waals surface area contributed by atoms with E-state index in [1.54, 1.807) is 0 Å². The molecule has 0 aliphatic carbocycles. The van der Waals surface area contributed by atoms with E-state index in [1.165, 1.54) is 11.8 Å². The van der Waals surface area contributed by atoms with Gasteiger partial charge >= 0.3 is 0 Å². The number of para-hydroxylation sites is 1. The zero-order chi connectivity index (χ0) is 18.7. The lowest BCUT2D eigenvalue weighted by Gasteiger charge is -2.18. The molecule has 0 saturated carbocycles. The Morgan fingerprint density at radius 1 is 1.04 bits per heavy atom. The van der Waals surface area contributed by atoms with Gasteiger partial charge < -0.3 is 5.32 Å². The van der Waals surface area contributed by atoms with E-state index in [4.69, 9.17) is 0 Å². The van der Waals surface area contributed by atoms with Gasteiger partial charge in [-0.25, -0.2) is 9.97 Å². The fourth-order valence-corrected chi connectivity index (χ4v) is 3.43. The second-order valence-electron chi connectivity index (χ2n) is 6.75. The van der Waals surface area contributed by atoms with E-state index < -0.39 is 0 Å². The third-order valence-electron chi connectivity index (χ3n) is 4.44. The molecule has 1 aromatic heterocycles. The van der Waals surface area contributed by atoms with Gasteiger partial charge in [-0.2, -0.15) is 0 Å². The second kappa shape index (κ2) is 8.00. The van der Waals surface area contributed by atoms with E-state index in [1.807, 2.05) is 46.8 Å². The first kappa shape index (κ1) is 19.4. The van der Waals surface area contributed by atoms with Crippen molar-refractivity contribution >= 4 is 23.4 Å². The van der Waals surface area contributed by atoms with Gasteiger partial charge in [-0.05, 0) is 57.2 Å². The Morgan fingerprint density at radius 2 is 1.64 bits per heavy atom. The van der Waals surface area contributed by atoms with Crippen LogP contribution in [0.5, 0.6) is 0 Å². The average molecular weight is 358 g/mol. The molecule has 0 radical (unpaired) electrons. The summed E-state index contributed by atoms with van der Waals surface area (Å²) in [5.41, 5.74) is 6.18. The molecule has 1 N–H and O–H groups in total. The van der Waals surface area contributed by atoms with Gasteiger partial charge in [-0.15, -0.1) is 0 Å². The van der Waals surface area contributed by atoms with Crippen LogP contribution in [0.1, 0.15) is 54.8 Å². The van der Waals surface area contributed by atoms with Crippen molar-refractivity contribution < 1.29 is 4.79 Å². The maximum absolute atomic E-state index is 12.7. The summed E-state index contributed by atoms with van der Waals surface area (Å²) in [6.07, 6.45) is 0. The van der Waals surface area contributed by atoms with Gasteiger partial charge in [0.15, 0.2) is 5.16 Å². The van der Waals surface area contributed by atoms with Gasteiger partial charge in [0.25, 0.3) is 0 Å². The van der Waals surface area contributed by atoms with Crippen molar-refractivity contribution in [2.75, 3.05) is 5.32 Å². The molecule has 1 amide bonds. The number of carbonyl (C=O) groups is 1. The molecule has 25 heavy (non-hydrogen) atoms. The number of aromatic nitrogens is 2. The molecule has 2 aromatic rings. The highest BCUT2D eigenvalue weighted by molar-refractivity contribution is 8.00. The summed E-state index contributed by atoms with van der Waals surface area (Å²) in [4.78, 5) is 21.7. The number of rotatable bonds is 5. The number of hydrogen-bond donors (Lipinski definition) is 1. The number of thioether (sulfide) groups is 1. The third kappa shape index (κ3) is 4.60. The molecule has 0 fully saturated rings. The highest BCUT2D eigenvalue weighted by atomic mass is 32.2. The molecule has 5 heteroatoms. The molecule has 4 nitrogen and oxygen atoms in total. The number of nitrogens with zero attached hydrogens (tertiary/aromatic N) is 2. The number of nitrogens with one attached hydrogen (secondary N) is 1. The third-order valence-corrected chi connectivity index (χ3v) is 5.40. The largest absolute Gasteiger partial charge is 0.325 e. The predicted octanol–water partition coefficient (Wildman–Crippen LogP) is 4.95. The van der Waals surface area contributed by atoms with Crippen LogP contribution >= 0.6 is 11.8 Å². The molecule has 1 aromatic carbocycles. The van der Waals surface area contributed by atoms with Gasteiger partial charge in [0, 0.05) is 17.1 Å². The first-order valence-corrected chi connectivity index (χ1v) is 9.47. The predicted molar refractivity (Wildman–Crippen MR) is 105 cm³/mol. The lowest BCUT2D eigenvalue weighted by molar-refractivity contribution is -0.115. The summed E-state index contributed by atoms with van der Waals surface area (Å²) >= 11 is 1.39. The number of benzene rings is 1. The standard InChI is InChI=1S/C20H27N3OS/c1-11(2)17-10-8-9-12(3)18(17)23-19(24)16(7)25-20-21-14(5)13(4)15(6)22-20/h8-11,16H,1-7H3,(H,23,24)/t16-/m0/s1. The highest BCUT2D eigenvalue weighted by Crippen LogP contribution is 2.29. The highest BCUT2D eigenvalue weighted by Gasteiger charge is 2.19. The van der Waals surface area contributed by atoms with Crippen molar-refractivity contribution in [3.05, 3.63) is 46.3 Å². The topological polar surface area (TPSA) is 54.9 Å². The Bertz CT molecular complexity index is 764. The Morgan fingerprint density at radius 3 is 2.20 bits per heavy atom. The Balaban J connectivity index is 2.17. The monoisotopic (exact) mass is 357 g/mol. The zero-order valence-corrected chi connectivity index (χ0v) is 16.9. The van der Waals surface area contributed by atoms with Crippen molar-refractivity contribution in [3.63, 3.8) is 0 Å². The fourth-order valence-electron chi connectivity index (χ4n) is 2.57. The van der Waals surface area contributed by atoms with Gasteiger partial charge in [0.1, 0.15) is 0 Å². The molecule has 1 atom stereocenters. The lowest BCUT2D eigenvalue weighted by Crippen LogP contribution is -2.24. The molecule has 0 aliphatic heterocycles. The van der Waals surface area contributed by atoms with Crippen LogP contribution in [-0.4, -0.2) is 21.1 Å². The summed E-state index contributed by atoms with van der Waals surface area (Å²) in [5, 5.41) is 3.48. The van der Waals surface area contributed by atoms with Gasteiger partial charge in [-0.3, -0.25) is 4.79 Å². The van der Waals surface area contributed by atoms with Crippen molar-refractivity contribution in [1.29, 1.82) is 0 Å². The Hall–Kier alpha value is -1.88. The van der Waals surface area contributed by atoms with Crippen LogP contribution in [0.25, 0.3) is 0 Å². The molecular formula is C20H27N3OS. The van der Waals surface area contributed by atoms with Crippen LogP contribution < -0.4 is 5.32 Å². The van der Waals surface area contributed by atoms with E-state index in [-0.39, 0.29) is 11.2 Å². The van der Waals surface area contributed by atoms with Crippen molar-refractivity contribution in [2.24, 2.45) is 0 Å². The SMILES string of the molecule is Cc1cccc(C(C)C)c1NC(=O)[C@H](C)Sc1nc(C)c(C)c(C)n1. The minimum Gasteiger partial charge on any atom is -0.325 e. The lowest BCUT2D eigenvalue weighted by atomic mass is 9.98. The zero-order valence-electron chi connectivity index (χ0n) is 16.1. The van der Waals surface area contributed by atoms with E-state index in [9.17, 15) is 4.79 Å². The smallest absolute Gasteiger partial charge is 0.237 e. The van der Waals surface area contributed by atoms with Gasteiger partial charge in [0.2, 0.25) is 5.91 Å². The van der Waals surface area contributed by atoms with Crippen LogP contribution in [-0.2, 0) is 4.79 Å². The van der Waals surface area contributed by atoms with Crippen LogP contribution in [0.15, 0.2) is 23.4 Å². The molecule has 0 bridgehead atoms. The van der Waals surface area contributed by atoms with Crippen molar-refractivity contribution in [1.82, 2.24) is 9.97 Å². The Kier molecular flexibility index (Phi) is 6.22. The van der Waals surface area contributed by atoms with Crippen molar-refractivity contribution in [2.45, 2.75) is 64.8 Å². The average Bonchev–Trinajstić information content (AvgIpc) is 2.53. The summed E-state index contributed by atoms with van der Waals surface area (Å²) in [6.45, 7) is 14.1. The molecule has 134 valence electrons. The number of anilines is 1. The quantitative estimate of drug-likeness (QED) is 0.607. The summed E-state index contributed by atoms with van der Waals surface area (Å²) in [6, 6.07) is 6.13. The first-order valence-electron chi connectivity index (χ1n) is 8.59. The van der Waals surface area contributed by atoms with E-state index >= 15 is 0 Å². The van der Waals surface area contributed by atoms with Gasteiger partial charge in [-0.1, -0.05) is 43.8 Å². The Labute approximate surface area is 154 Å². The maximum atomic E-state index is 12.7. The summed E-state index contributed by atoms with van der Waals surface area (Å²) in [5.74, 6) is 0.324. The molecule has 2 rings (SSSR count). The minimum atomic E-state index is -0.277. The minimum absolute atomic E-state index is 0.0271. The number of aryl methyl sites for hydroxylation is 3. The van der Waals surface area contributed by atoms with E-state index in [0.717, 1.165) is 33.8 Å². The first-order chi connectivity index (χ1) is 11.7. The molecule has 0 unspecified atom stereocenters. The van der Waals surface area contributed by atoms with Crippen LogP contribution in [0.4, 0.5) is 5.69 Å².